The first-order valence-corrected chi connectivity index (χ1v) is 34.2. The van der Waals surface area contributed by atoms with Crippen molar-refractivity contribution in [1.29, 1.82) is 0 Å². The molecule has 5 rings (SSSR count). The van der Waals surface area contributed by atoms with Gasteiger partial charge in [0.2, 0.25) is 0 Å². The Morgan fingerprint density at radius 2 is 0.670 bits per heavy atom. The molecule has 0 N–H and O–H groups in total. The predicted molar refractivity (Wildman–Crippen MR) is 365 cm³/mol. The van der Waals surface area contributed by atoms with Crippen LogP contribution < -0.4 is 0 Å². The highest BCUT2D eigenvalue weighted by Crippen LogP contribution is 2.43. The summed E-state index contributed by atoms with van der Waals surface area (Å²) in [6.45, 7) is 62.7. The molecule has 5 heterocycles. The number of ketones is 5. The molecular weight excluding hydrogens is 1160 g/mol. The summed E-state index contributed by atoms with van der Waals surface area (Å²) >= 11 is 0. The number of hydrogen-bond donors (Lipinski definition) is 0. The minimum absolute atomic E-state index is 0.0117. The van der Waals surface area contributed by atoms with Crippen LogP contribution in [0.15, 0.2) is 58.9 Å². The third kappa shape index (κ3) is 27.9. The third-order valence-electron chi connectivity index (χ3n) is 18.1. The lowest BCUT2D eigenvalue weighted by Crippen LogP contribution is -2.45. The molecule has 0 bridgehead atoms. The Hall–Kier alpha value is -4.37. The molecule has 0 spiro atoms. The smallest absolute Gasteiger partial charge is 0.377 e. The summed E-state index contributed by atoms with van der Waals surface area (Å²) in [4.78, 5) is 70.6. The lowest BCUT2D eigenvalue weighted by molar-refractivity contribution is -0.168. The summed E-state index contributed by atoms with van der Waals surface area (Å²) in [6.07, 6.45) is 11.3. The zero-order valence-corrected chi connectivity index (χ0v) is 62.3. The molecule has 0 aromatic heterocycles. The highest BCUT2D eigenvalue weighted by molar-refractivity contribution is 6.02. The molecule has 0 saturated heterocycles. The molecule has 10 nitrogen and oxygen atoms in total. The Kier molecular flexibility index (Phi) is 31.5. The van der Waals surface area contributed by atoms with Crippen LogP contribution >= 0.6 is 0 Å². The average Bonchev–Trinajstić information content (AvgIpc) is 0.835. The maximum Gasteiger partial charge on any atom is 0.454 e. The van der Waals surface area contributed by atoms with Gasteiger partial charge in [0.1, 0.15) is 0 Å². The second-order valence-electron chi connectivity index (χ2n) is 33.9. The Labute approximate surface area is 550 Å². The summed E-state index contributed by atoms with van der Waals surface area (Å²) in [7, 11) is 0. The van der Waals surface area contributed by atoms with Crippen LogP contribution in [0.25, 0.3) is 0 Å². The topological polar surface area (TPSA) is 102 Å². The van der Waals surface area contributed by atoms with Gasteiger partial charge in [-0.25, -0.2) is 0 Å². The van der Waals surface area contributed by atoms with Crippen molar-refractivity contribution < 1.29 is 50.3 Å². The van der Waals surface area contributed by atoms with E-state index in [-0.39, 0.29) is 43.9 Å². The van der Waals surface area contributed by atoms with Gasteiger partial charge in [-0.2, -0.15) is 26.3 Å². The second-order valence-corrected chi connectivity index (χ2v) is 33.9. The van der Waals surface area contributed by atoms with Crippen LogP contribution in [-0.4, -0.2) is 129 Å². The van der Waals surface area contributed by atoms with Crippen molar-refractivity contribution in [2.24, 2.45) is 50.2 Å². The van der Waals surface area contributed by atoms with Crippen LogP contribution in [0.3, 0.4) is 0 Å². The molecule has 0 amide bonds. The number of carbonyl (C=O) groups is 5. The molecule has 5 aliphatic rings. The van der Waals surface area contributed by atoms with Crippen molar-refractivity contribution in [3.63, 3.8) is 0 Å². The van der Waals surface area contributed by atoms with Crippen LogP contribution in [-0.2, 0) is 24.0 Å². The van der Waals surface area contributed by atoms with Gasteiger partial charge in [0.05, 0.1) is 0 Å². The number of hydrogen-bond acceptors (Lipinski definition) is 10. The van der Waals surface area contributed by atoms with E-state index in [1.807, 2.05) is 67.2 Å². The molecule has 91 heavy (non-hydrogen) atoms. The maximum absolute atomic E-state index is 12.6. The number of allylic oxidation sites excluding steroid dienone is 5. The fraction of sp³-hybridized carbons (Fsp3) is 0.800. The summed E-state index contributed by atoms with van der Waals surface area (Å²) in [5.74, 6) is -0.833. The van der Waals surface area contributed by atoms with Crippen LogP contribution in [0, 0.1) is 50.2 Å². The number of unbranched alkanes of at least 4 members (excludes halogenated alkanes) is 4. The van der Waals surface area contributed by atoms with Gasteiger partial charge in [0.25, 0.3) is 11.6 Å². The van der Waals surface area contributed by atoms with Crippen molar-refractivity contribution in [3.8, 4) is 0 Å². The Morgan fingerprint density at radius 3 is 0.967 bits per heavy atom. The van der Waals surface area contributed by atoms with Gasteiger partial charge in [-0.05, 0) is 125 Å². The largest absolute Gasteiger partial charge is 0.454 e. The molecule has 0 aromatic carbocycles. The number of nitrogens with zero attached hydrogens (tertiary/aromatic N) is 5. The number of carbonyl (C=O) groups excluding carboxylic acids is 5. The lowest BCUT2D eigenvalue weighted by Gasteiger charge is -2.43. The number of halogens is 6. The van der Waals surface area contributed by atoms with Crippen LogP contribution in [0.2, 0.25) is 0 Å². The molecule has 16 heteroatoms. The van der Waals surface area contributed by atoms with E-state index >= 15 is 0 Å². The van der Waals surface area contributed by atoms with Gasteiger partial charge in [-0.1, -0.05) is 171 Å². The van der Waals surface area contributed by atoms with Crippen LogP contribution in [0.5, 0.6) is 0 Å². The van der Waals surface area contributed by atoms with E-state index in [2.05, 4.69) is 130 Å². The zero-order valence-electron chi connectivity index (χ0n) is 62.3. The normalized spacial score (nSPS) is 19.8. The molecular formula is C75H129F6N5O5. The number of Topliss-reactive ketones (excluding diaryl/α,β-unsaturated/α-hetero) is 5. The lowest BCUT2D eigenvalue weighted by atomic mass is 9.72. The van der Waals surface area contributed by atoms with Crippen molar-refractivity contribution in [2.45, 2.75) is 287 Å². The van der Waals surface area contributed by atoms with E-state index in [4.69, 9.17) is 0 Å². The first kappa shape index (κ1) is 84.6. The summed E-state index contributed by atoms with van der Waals surface area (Å²) in [6, 6.07) is 0. The maximum atomic E-state index is 12.6. The van der Waals surface area contributed by atoms with E-state index in [9.17, 15) is 50.3 Å². The molecule has 526 valence electrons. The fourth-order valence-electron chi connectivity index (χ4n) is 11.6. The minimum atomic E-state index is -4.80. The van der Waals surface area contributed by atoms with Gasteiger partial charge >= 0.3 is 12.4 Å². The van der Waals surface area contributed by atoms with E-state index in [0.29, 0.717) is 74.0 Å². The quantitative estimate of drug-likeness (QED) is 0.0974. The Balaban J connectivity index is 0.000000570. The monoisotopic (exact) mass is 1290 g/mol. The van der Waals surface area contributed by atoms with Crippen LogP contribution in [0.1, 0.15) is 264 Å². The van der Waals surface area contributed by atoms with Crippen molar-refractivity contribution in [1.82, 2.24) is 24.5 Å². The summed E-state index contributed by atoms with van der Waals surface area (Å²) in [5, 5.41) is 0. The standard InChI is InChI=1S/C19H35NO.C16H29NO.C14H25NO.2C13H20F3NO/c1-7-8-9-10-11-12-17(21)16-15-20(18(2,3)4)14-13-19(16,5)6;1-12(2)10-17-9-8-16(6,7)13(11-17)14(18)15(3,4)5;1-6-13(16)12-10-15(9-11(2)3)8-7-14(12,4)5;1-11(2,3)17-7-6-12(4,5)9(8-17)10(18)13(14,15)16;1-9(2)7-17-6-5-12(3,4)10(8-17)11(18)13(14,15)16/h15H,7-14H2,1-6H3;11-12H,8-10H2,1-7H3;10-11H,6-9H2,1-5H3;8H,6-7H2,1-5H3;8-9H,5-7H2,1-4H3. The fourth-order valence-corrected chi connectivity index (χ4v) is 11.6. The van der Waals surface area contributed by atoms with Crippen LogP contribution in [0.4, 0.5) is 26.3 Å². The van der Waals surface area contributed by atoms with Gasteiger partial charge in [0.15, 0.2) is 17.3 Å². The number of rotatable bonds is 18. The van der Waals surface area contributed by atoms with E-state index in [1.54, 1.807) is 32.6 Å². The molecule has 0 fully saturated rings. The van der Waals surface area contributed by atoms with Crippen molar-refractivity contribution in [2.75, 3.05) is 52.4 Å². The van der Waals surface area contributed by atoms with Gasteiger partial charge < -0.3 is 24.5 Å². The zero-order chi connectivity index (χ0) is 71.1. The Morgan fingerprint density at radius 1 is 0.396 bits per heavy atom. The predicted octanol–water partition coefficient (Wildman–Crippen LogP) is 19.4. The molecule has 0 aliphatic carbocycles. The summed E-state index contributed by atoms with van der Waals surface area (Å²) < 4.78 is 75.4. The highest BCUT2D eigenvalue weighted by Gasteiger charge is 2.48. The molecule has 0 unspecified atom stereocenters. The van der Waals surface area contributed by atoms with Crippen molar-refractivity contribution in [3.05, 3.63) is 58.9 Å². The molecule has 0 radical (unpaired) electrons. The third-order valence-corrected chi connectivity index (χ3v) is 18.1. The Bertz CT molecular complexity index is 2480. The average molecular weight is 1290 g/mol. The molecule has 0 saturated carbocycles. The summed E-state index contributed by atoms with van der Waals surface area (Å²) in [5.41, 5.74) is 0.983. The minimum Gasteiger partial charge on any atom is -0.377 e. The van der Waals surface area contributed by atoms with E-state index in [0.717, 1.165) is 81.5 Å². The van der Waals surface area contributed by atoms with Gasteiger partial charge in [-0.3, -0.25) is 24.0 Å². The second kappa shape index (κ2) is 33.8. The molecule has 0 aromatic rings. The van der Waals surface area contributed by atoms with E-state index in [1.165, 1.54) is 38.1 Å². The highest BCUT2D eigenvalue weighted by atomic mass is 19.4. The SMILES string of the molecule is CC(C)CN1C=C(C(=O)C(C)(C)C)C(C)(C)CC1.CC(C)CN1C=C(C(=O)C(F)(F)F)C(C)(C)CC1.CC1(C)CCN(C(C)(C)C)C=C1C(=O)C(F)(F)F.CCC(=O)C1=CN(CC(C)C)CCC1(C)C.CCCCCCCC(=O)C1=CN(C(C)(C)C)CCC1(C)C. The van der Waals surface area contributed by atoms with Crippen molar-refractivity contribution >= 4 is 28.9 Å². The first-order chi connectivity index (χ1) is 41.0. The van der Waals surface area contributed by atoms with E-state index < -0.39 is 34.7 Å². The first-order valence-electron chi connectivity index (χ1n) is 34.2. The number of alkyl halides is 6. The van der Waals surface area contributed by atoms with Gasteiger partial charge in [-0.15, -0.1) is 0 Å². The molecule has 5 aliphatic heterocycles. The van der Waals surface area contributed by atoms with Gasteiger partial charge in [0, 0.05) is 141 Å². The molecule has 0 atom stereocenters.